The maximum absolute atomic E-state index is 11.4. The second kappa shape index (κ2) is 6.45. The zero-order chi connectivity index (χ0) is 13.5. The summed E-state index contributed by atoms with van der Waals surface area (Å²) in [7, 11) is 3.69. The minimum Gasteiger partial charge on any atom is -0.479 e. The van der Waals surface area contributed by atoms with Crippen molar-refractivity contribution in [3.63, 3.8) is 0 Å². The molecule has 1 rings (SSSR count). The van der Waals surface area contributed by atoms with E-state index in [9.17, 15) is 9.59 Å². The summed E-state index contributed by atoms with van der Waals surface area (Å²) in [6.07, 6.45) is 0. The number of carbonyl (C=O) groups excluding carboxylic acids is 1. The van der Waals surface area contributed by atoms with E-state index in [1.807, 2.05) is 36.6 Å². The number of carboxylic acid groups (broad SMARTS) is 1. The maximum atomic E-state index is 11.4. The molecule has 0 saturated heterocycles. The van der Waals surface area contributed by atoms with Gasteiger partial charge in [-0.25, -0.2) is 15.1 Å². The van der Waals surface area contributed by atoms with Crippen molar-refractivity contribution in [3.8, 4) is 0 Å². The van der Waals surface area contributed by atoms with Crippen LogP contribution in [0.25, 0.3) is 0 Å². The van der Waals surface area contributed by atoms with E-state index < -0.39 is 18.6 Å². The van der Waals surface area contributed by atoms with E-state index >= 15 is 0 Å². The van der Waals surface area contributed by atoms with Gasteiger partial charge in [-0.1, -0.05) is 12.1 Å². The molecule has 98 valence electrons. The molecule has 0 saturated carbocycles. The van der Waals surface area contributed by atoms with Crippen molar-refractivity contribution in [3.05, 3.63) is 24.3 Å². The average Bonchev–Trinajstić information content (AvgIpc) is 2.28. The molecule has 0 radical (unpaired) electrons. The van der Waals surface area contributed by atoms with Crippen LogP contribution in [-0.2, 0) is 9.63 Å². The molecular formula is C11H15N3O4. The van der Waals surface area contributed by atoms with Crippen LogP contribution in [0.15, 0.2) is 24.3 Å². The van der Waals surface area contributed by atoms with E-state index in [0.29, 0.717) is 5.69 Å². The topological polar surface area (TPSA) is 90.9 Å². The second-order valence-corrected chi connectivity index (χ2v) is 3.65. The molecule has 7 nitrogen and oxygen atoms in total. The third-order valence-electron chi connectivity index (χ3n) is 1.99. The molecule has 0 aliphatic rings. The number of rotatable bonds is 5. The van der Waals surface area contributed by atoms with E-state index in [4.69, 9.17) is 5.11 Å². The number of hydroxylamine groups is 1. The molecule has 0 spiro atoms. The number of aliphatic carboxylic acids is 1. The van der Waals surface area contributed by atoms with Gasteiger partial charge in [-0.05, 0) is 12.1 Å². The minimum absolute atomic E-state index is 0.594. The first-order valence-corrected chi connectivity index (χ1v) is 5.17. The molecule has 2 amide bonds. The second-order valence-electron chi connectivity index (χ2n) is 3.65. The fraction of sp³-hybridized carbons (Fsp3) is 0.273. The molecule has 0 aromatic heterocycles. The van der Waals surface area contributed by atoms with Crippen LogP contribution in [0.1, 0.15) is 0 Å². The van der Waals surface area contributed by atoms with Gasteiger partial charge in [-0.3, -0.25) is 4.84 Å². The summed E-state index contributed by atoms with van der Waals surface area (Å²) in [5.41, 5.74) is 3.40. The number of hydrogen-bond acceptors (Lipinski definition) is 4. The molecule has 7 heteroatoms. The molecular weight excluding hydrogens is 238 g/mol. The molecule has 0 unspecified atom stereocenters. The summed E-state index contributed by atoms with van der Waals surface area (Å²) in [6.45, 7) is -0.594. The standard InChI is InChI=1S/C11H15N3O4/c1-14(2)9-6-4-3-5-8(9)12-11(17)13-18-7-10(15)16/h3-6H,7H2,1-2H3,(H,15,16)(H2,12,13,17). The van der Waals surface area contributed by atoms with E-state index in [-0.39, 0.29) is 0 Å². The zero-order valence-electron chi connectivity index (χ0n) is 10.1. The van der Waals surface area contributed by atoms with Crippen molar-refractivity contribution in [2.24, 2.45) is 0 Å². The molecule has 1 aromatic rings. The van der Waals surface area contributed by atoms with Crippen molar-refractivity contribution in [1.29, 1.82) is 0 Å². The van der Waals surface area contributed by atoms with Gasteiger partial charge in [0.25, 0.3) is 0 Å². The van der Waals surface area contributed by atoms with Gasteiger partial charge in [0.15, 0.2) is 6.61 Å². The van der Waals surface area contributed by atoms with Gasteiger partial charge < -0.3 is 15.3 Å². The van der Waals surface area contributed by atoms with Crippen LogP contribution >= 0.6 is 0 Å². The predicted molar refractivity (Wildman–Crippen MR) is 66.5 cm³/mol. The highest BCUT2D eigenvalue weighted by atomic mass is 16.7. The number of nitrogens with one attached hydrogen (secondary N) is 2. The Morgan fingerprint density at radius 2 is 2.00 bits per heavy atom. The Balaban J connectivity index is 2.56. The normalized spacial score (nSPS) is 9.67. The van der Waals surface area contributed by atoms with Gasteiger partial charge >= 0.3 is 12.0 Å². The van der Waals surface area contributed by atoms with Crippen molar-refractivity contribution >= 4 is 23.4 Å². The SMILES string of the molecule is CN(C)c1ccccc1NC(=O)NOCC(=O)O. The van der Waals surface area contributed by atoms with E-state index in [2.05, 4.69) is 10.2 Å². The number of carbonyl (C=O) groups is 2. The Kier molecular flexibility index (Phi) is 4.94. The van der Waals surface area contributed by atoms with E-state index in [1.165, 1.54) is 0 Å². The van der Waals surface area contributed by atoms with Gasteiger partial charge in [0.2, 0.25) is 0 Å². The fourth-order valence-electron chi connectivity index (χ4n) is 1.28. The Morgan fingerprint density at radius 3 is 2.61 bits per heavy atom. The molecule has 0 aliphatic carbocycles. The van der Waals surface area contributed by atoms with Crippen LogP contribution in [0.2, 0.25) is 0 Å². The van der Waals surface area contributed by atoms with Crippen LogP contribution in [0.5, 0.6) is 0 Å². The van der Waals surface area contributed by atoms with Crippen LogP contribution < -0.4 is 15.7 Å². The van der Waals surface area contributed by atoms with Crippen LogP contribution in [0, 0.1) is 0 Å². The summed E-state index contributed by atoms with van der Waals surface area (Å²) in [5.74, 6) is -1.16. The Hall–Kier alpha value is -2.28. The first kappa shape index (κ1) is 13.8. The summed E-state index contributed by atoms with van der Waals surface area (Å²) in [6, 6.07) is 6.56. The maximum Gasteiger partial charge on any atom is 0.343 e. The lowest BCUT2D eigenvalue weighted by Crippen LogP contribution is -2.31. The first-order valence-electron chi connectivity index (χ1n) is 5.17. The summed E-state index contributed by atoms with van der Waals surface area (Å²) >= 11 is 0. The molecule has 3 N–H and O–H groups in total. The number of amides is 2. The van der Waals surface area contributed by atoms with Gasteiger partial charge in [-0.2, -0.15) is 0 Å². The number of urea groups is 1. The number of carboxylic acids is 1. The monoisotopic (exact) mass is 253 g/mol. The lowest BCUT2D eigenvalue weighted by Gasteiger charge is -2.17. The number of para-hydroxylation sites is 2. The van der Waals surface area contributed by atoms with Crippen molar-refractivity contribution in [2.45, 2.75) is 0 Å². The van der Waals surface area contributed by atoms with Crippen molar-refractivity contribution in [2.75, 3.05) is 30.9 Å². The molecule has 0 atom stereocenters. The lowest BCUT2D eigenvalue weighted by atomic mass is 10.2. The third kappa shape index (κ3) is 4.30. The summed E-state index contributed by atoms with van der Waals surface area (Å²) in [5, 5.41) is 10.9. The van der Waals surface area contributed by atoms with Crippen LogP contribution in [-0.4, -0.2) is 37.8 Å². The van der Waals surface area contributed by atoms with Crippen molar-refractivity contribution in [1.82, 2.24) is 5.48 Å². The van der Waals surface area contributed by atoms with Crippen LogP contribution in [0.4, 0.5) is 16.2 Å². The third-order valence-corrected chi connectivity index (χ3v) is 1.99. The summed E-state index contributed by atoms with van der Waals surface area (Å²) in [4.78, 5) is 27.9. The average molecular weight is 253 g/mol. The smallest absolute Gasteiger partial charge is 0.343 e. The first-order chi connectivity index (χ1) is 8.50. The Morgan fingerprint density at radius 1 is 1.33 bits per heavy atom. The minimum atomic E-state index is -1.16. The van der Waals surface area contributed by atoms with Crippen molar-refractivity contribution < 1.29 is 19.5 Å². The van der Waals surface area contributed by atoms with Gasteiger partial charge in [0.1, 0.15) is 0 Å². The van der Waals surface area contributed by atoms with Gasteiger partial charge in [0, 0.05) is 14.1 Å². The molecule has 0 aliphatic heterocycles. The summed E-state index contributed by atoms with van der Waals surface area (Å²) < 4.78 is 0. The van der Waals surface area contributed by atoms with Crippen LogP contribution in [0.3, 0.4) is 0 Å². The molecule has 1 aromatic carbocycles. The van der Waals surface area contributed by atoms with E-state index in [1.54, 1.807) is 12.1 Å². The largest absolute Gasteiger partial charge is 0.479 e. The lowest BCUT2D eigenvalue weighted by molar-refractivity contribution is -0.143. The number of benzene rings is 1. The van der Waals surface area contributed by atoms with E-state index in [0.717, 1.165) is 5.69 Å². The molecule has 18 heavy (non-hydrogen) atoms. The highest BCUT2D eigenvalue weighted by Gasteiger charge is 2.07. The molecule has 0 bridgehead atoms. The number of hydrogen-bond donors (Lipinski definition) is 3. The predicted octanol–water partition coefficient (Wildman–Crippen LogP) is 0.890. The molecule has 0 heterocycles. The Bertz CT molecular complexity index is 434. The Labute approximate surface area is 104 Å². The van der Waals surface area contributed by atoms with Gasteiger partial charge in [0.05, 0.1) is 11.4 Å². The molecule has 0 fully saturated rings. The highest BCUT2D eigenvalue weighted by Crippen LogP contribution is 2.22. The fourth-order valence-corrected chi connectivity index (χ4v) is 1.28. The van der Waals surface area contributed by atoms with Gasteiger partial charge in [-0.15, -0.1) is 0 Å². The quantitative estimate of drug-likeness (QED) is 0.678. The zero-order valence-corrected chi connectivity index (χ0v) is 10.1. The number of anilines is 2. The number of nitrogens with zero attached hydrogens (tertiary/aromatic N) is 1. The highest BCUT2D eigenvalue weighted by molar-refractivity contribution is 5.92.